The fraction of sp³-hybridized carbons (Fsp3) is 0.375. The highest BCUT2D eigenvalue weighted by Crippen LogP contribution is 2.33. The average Bonchev–Trinajstić information content (AvgIpc) is 3.00. The number of hydrogen-bond acceptors (Lipinski definition) is 6. The summed E-state index contributed by atoms with van der Waals surface area (Å²) in [5, 5.41) is 6.73. The van der Waals surface area contributed by atoms with Crippen molar-refractivity contribution in [3.8, 4) is 17.1 Å². The normalized spacial score (nSPS) is 10.5. The zero-order valence-corrected chi connectivity index (χ0v) is 13.9. The van der Waals surface area contributed by atoms with Crippen LogP contribution in [0.3, 0.4) is 0 Å². The summed E-state index contributed by atoms with van der Waals surface area (Å²) in [7, 11) is 4.88. The molecule has 0 saturated heterocycles. The molecule has 0 aliphatic rings. The highest BCUT2D eigenvalue weighted by Gasteiger charge is 2.25. The molecule has 1 heterocycles. The molecule has 7 nitrogen and oxygen atoms in total. The standard InChI is InChI=1S/C16H21FN4O3/c1-21(2)15-13(16(22)19-8-4-7-18)14(24-20-15)10-5-6-11(17)12(9-10)23-3/h5-6,9H,4,7-8,18H2,1-3H3,(H,19,22). The van der Waals surface area contributed by atoms with Gasteiger partial charge in [-0.25, -0.2) is 4.39 Å². The minimum atomic E-state index is -0.498. The van der Waals surface area contributed by atoms with Gasteiger partial charge in [0.15, 0.2) is 23.1 Å². The van der Waals surface area contributed by atoms with E-state index in [1.807, 2.05) is 0 Å². The Hall–Kier alpha value is -2.61. The molecule has 2 aromatic rings. The Labute approximate surface area is 139 Å². The van der Waals surface area contributed by atoms with Crippen molar-refractivity contribution in [2.75, 3.05) is 39.2 Å². The van der Waals surface area contributed by atoms with E-state index in [0.29, 0.717) is 30.9 Å². The molecule has 0 atom stereocenters. The number of amides is 1. The topological polar surface area (TPSA) is 93.6 Å². The lowest BCUT2D eigenvalue weighted by Crippen LogP contribution is -2.27. The van der Waals surface area contributed by atoms with E-state index < -0.39 is 5.82 Å². The maximum absolute atomic E-state index is 13.6. The first-order chi connectivity index (χ1) is 11.5. The Morgan fingerprint density at radius 3 is 2.83 bits per heavy atom. The number of halogens is 1. The number of hydrogen-bond donors (Lipinski definition) is 2. The van der Waals surface area contributed by atoms with E-state index >= 15 is 0 Å². The maximum atomic E-state index is 13.6. The summed E-state index contributed by atoms with van der Waals surface area (Å²) in [4.78, 5) is 14.2. The molecule has 2 rings (SSSR count). The fourth-order valence-corrected chi connectivity index (χ4v) is 2.18. The lowest BCUT2D eigenvalue weighted by Gasteiger charge is -2.11. The average molecular weight is 336 g/mol. The summed E-state index contributed by atoms with van der Waals surface area (Å²) < 4.78 is 23.9. The summed E-state index contributed by atoms with van der Waals surface area (Å²) in [6.07, 6.45) is 0.661. The van der Waals surface area contributed by atoms with Crippen LogP contribution < -0.4 is 20.7 Å². The molecule has 8 heteroatoms. The minimum absolute atomic E-state index is 0.0600. The second-order valence-electron chi connectivity index (χ2n) is 5.35. The van der Waals surface area contributed by atoms with Gasteiger partial charge < -0.3 is 25.2 Å². The van der Waals surface area contributed by atoms with Crippen LogP contribution in [0.15, 0.2) is 22.7 Å². The second kappa shape index (κ2) is 7.78. The molecule has 0 bridgehead atoms. The van der Waals surface area contributed by atoms with Gasteiger partial charge in [0.1, 0.15) is 5.56 Å². The summed E-state index contributed by atoms with van der Waals surface area (Å²) in [5.74, 6) is -0.125. The molecule has 1 aromatic heterocycles. The zero-order chi connectivity index (χ0) is 17.7. The SMILES string of the molecule is COc1cc(-c2onc(N(C)C)c2C(=O)NCCCN)ccc1F. The van der Waals surface area contributed by atoms with Crippen LogP contribution in [0, 0.1) is 5.82 Å². The highest BCUT2D eigenvalue weighted by atomic mass is 19.1. The molecule has 0 spiro atoms. The van der Waals surface area contributed by atoms with Gasteiger partial charge in [-0.05, 0) is 31.2 Å². The van der Waals surface area contributed by atoms with Crippen LogP contribution >= 0.6 is 0 Å². The Morgan fingerprint density at radius 1 is 1.46 bits per heavy atom. The van der Waals surface area contributed by atoms with Crippen molar-refractivity contribution in [2.45, 2.75) is 6.42 Å². The van der Waals surface area contributed by atoms with Crippen LogP contribution in [0.1, 0.15) is 16.8 Å². The number of aromatic nitrogens is 1. The van der Waals surface area contributed by atoms with E-state index in [0.717, 1.165) is 0 Å². The van der Waals surface area contributed by atoms with Crippen molar-refractivity contribution < 1.29 is 18.4 Å². The number of carbonyl (C=O) groups is 1. The van der Waals surface area contributed by atoms with Gasteiger partial charge in [0.25, 0.3) is 5.91 Å². The van der Waals surface area contributed by atoms with Gasteiger partial charge in [-0.3, -0.25) is 4.79 Å². The number of rotatable bonds is 7. The van der Waals surface area contributed by atoms with Crippen LogP contribution in [0.4, 0.5) is 10.2 Å². The number of nitrogens with two attached hydrogens (primary N) is 1. The van der Waals surface area contributed by atoms with Gasteiger partial charge in [0.2, 0.25) is 0 Å². The van der Waals surface area contributed by atoms with Crippen molar-refractivity contribution >= 4 is 11.7 Å². The molecule has 1 aromatic carbocycles. The van der Waals surface area contributed by atoms with E-state index in [9.17, 15) is 9.18 Å². The quantitative estimate of drug-likeness (QED) is 0.747. The molecule has 0 saturated carbocycles. The number of carbonyl (C=O) groups excluding carboxylic acids is 1. The van der Waals surface area contributed by atoms with Crippen molar-refractivity contribution in [2.24, 2.45) is 5.73 Å². The molecule has 0 aliphatic carbocycles. The third-order valence-corrected chi connectivity index (χ3v) is 3.40. The van der Waals surface area contributed by atoms with Crippen LogP contribution in [0.2, 0.25) is 0 Å². The molecule has 0 fully saturated rings. The molecule has 0 unspecified atom stereocenters. The minimum Gasteiger partial charge on any atom is -0.494 e. The van der Waals surface area contributed by atoms with E-state index in [4.69, 9.17) is 15.0 Å². The third kappa shape index (κ3) is 3.65. The second-order valence-corrected chi connectivity index (χ2v) is 5.35. The molecule has 0 aliphatic heterocycles. The lowest BCUT2D eigenvalue weighted by molar-refractivity contribution is 0.0954. The predicted molar refractivity (Wildman–Crippen MR) is 88.8 cm³/mol. The van der Waals surface area contributed by atoms with Crippen molar-refractivity contribution in [3.63, 3.8) is 0 Å². The van der Waals surface area contributed by atoms with Crippen LogP contribution in [0.25, 0.3) is 11.3 Å². The first kappa shape index (κ1) is 17.7. The van der Waals surface area contributed by atoms with Gasteiger partial charge in [0.05, 0.1) is 7.11 Å². The number of ether oxygens (including phenoxy) is 1. The van der Waals surface area contributed by atoms with E-state index in [1.165, 1.54) is 25.3 Å². The largest absolute Gasteiger partial charge is 0.494 e. The smallest absolute Gasteiger partial charge is 0.259 e. The first-order valence-electron chi connectivity index (χ1n) is 7.48. The number of nitrogens with zero attached hydrogens (tertiary/aromatic N) is 2. The summed E-state index contributed by atoms with van der Waals surface area (Å²) in [6.45, 7) is 0.923. The van der Waals surface area contributed by atoms with Crippen molar-refractivity contribution in [1.82, 2.24) is 10.5 Å². The van der Waals surface area contributed by atoms with Gasteiger partial charge in [-0.1, -0.05) is 5.16 Å². The summed E-state index contributed by atoms with van der Waals surface area (Å²) >= 11 is 0. The first-order valence-corrected chi connectivity index (χ1v) is 7.48. The monoisotopic (exact) mass is 336 g/mol. The van der Waals surface area contributed by atoms with E-state index in [2.05, 4.69) is 10.5 Å². The maximum Gasteiger partial charge on any atom is 0.259 e. The molecule has 3 N–H and O–H groups in total. The molecular weight excluding hydrogens is 315 g/mol. The van der Waals surface area contributed by atoms with Gasteiger partial charge in [-0.15, -0.1) is 0 Å². The fourth-order valence-electron chi connectivity index (χ4n) is 2.18. The third-order valence-electron chi connectivity index (χ3n) is 3.40. The van der Waals surface area contributed by atoms with Crippen LogP contribution in [-0.4, -0.2) is 45.4 Å². The van der Waals surface area contributed by atoms with E-state index in [-0.39, 0.29) is 23.0 Å². The van der Waals surface area contributed by atoms with Crippen molar-refractivity contribution in [3.05, 3.63) is 29.6 Å². The summed E-state index contributed by atoms with van der Waals surface area (Å²) in [6, 6.07) is 4.22. The molecule has 130 valence electrons. The van der Waals surface area contributed by atoms with E-state index in [1.54, 1.807) is 19.0 Å². The lowest BCUT2D eigenvalue weighted by atomic mass is 10.1. The number of anilines is 1. The Bertz CT molecular complexity index is 715. The van der Waals surface area contributed by atoms with Gasteiger partial charge in [0, 0.05) is 26.2 Å². The van der Waals surface area contributed by atoms with Crippen LogP contribution in [-0.2, 0) is 0 Å². The molecule has 0 radical (unpaired) electrons. The zero-order valence-electron chi connectivity index (χ0n) is 13.9. The Balaban J connectivity index is 2.45. The van der Waals surface area contributed by atoms with Gasteiger partial charge in [-0.2, -0.15) is 0 Å². The molecular formula is C16H21FN4O3. The number of nitrogens with one attached hydrogen (secondary N) is 1. The number of methoxy groups -OCH3 is 1. The predicted octanol–water partition coefficient (Wildman–Crippen LogP) is 1.63. The molecule has 24 heavy (non-hydrogen) atoms. The van der Waals surface area contributed by atoms with Gasteiger partial charge >= 0.3 is 0 Å². The Kier molecular flexibility index (Phi) is 5.75. The number of benzene rings is 1. The van der Waals surface area contributed by atoms with Crippen LogP contribution in [0.5, 0.6) is 5.75 Å². The summed E-state index contributed by atoms with van der Waals surface area (Å²) in [5.41, 5.74) is 6.22. The highest BCUT2D eigenvalue weighted by molar-refractivity contribution is 6.04. The molecule has 1 amide bonds. The Morgan fingerprint density at radius 2 is 2.21 bits per heavy atom. The van der Waals surface area contributed by atoms with Crippen molar-refractivity contribution in [1.29, 1.82) is 0 Å².